The minimum atomic E-state index is -0.166. The Bertz CT molecular complexity index is 1340. The molecule has 0 aromatic carbocycles. The zero-order valence-corrected chi connectivity index (χ0v) is 37.5. The van der Waals surface area contributed by atoms with Gasteiger partial charge in [-0.2, -0.15) is 0 Å². The summed E-state index contributed by atoms with van der Waals surface area (Å²) in [6.07, 6.45) is 23.9. The molecule has 0 aromatic heterocycles. The molecular formula is C50H82N2O8. The standard InChI is InChI=1S/C50H82N2O8/c1-51(23-25-53)21-5-27-59-45(55)19-29-57-35-13-17-39-41-15-11-33-7-3-9-37(33)47(41)50-48-38-10-4-8-34(38)12-16-42(48)40-18-14-36(32-44(40)49(50)43(39)31-35)58-30-20-46(56)60-28-6-22-52(2)24-26-54/h33-44,47-48,53-54H,3-32H2,1-2H3. The number of rotatable bonds is 20. The molecule has 60 heavy (non-hydrogen) atoms. The van der Waals surface area contributed by atoms with E-state index in [0.717, 1.165) is 111 Å². The predicted molar refractivity (Wildman–Crippen MR) is 232 cm³/mol. The second kappa shape index (κ2) is 21.4. The van der Waals surface area contributed by atoms with E-state index in [0.29, 0.717) is 64.2 Å². The van der Waals surface area contributed by atoms with E-state index in [4.69, 9.17) is 29.2 Å². The van der Waals surface area contributed by atoms with Gasteiger partial charge in [-0.25, -0.2) is 0 Å². The fourth-order valence-corrected chi connectivity index (χ4v) is 15.5. The largest absolute Gasteiger partial charge is 0.466 e. The highest BCUT2D eigenvalue weighted by atomic mass is 16.5. The number of hydrogen-bond donors (Lipinski definition) is 2. The molecule has 6 fully saturated rings. The second-order valence-corrected chi connectivity index (χ2v) is 21.0. The van der Waals surface area contributed by atoms with Crippen molar-refractivity contribution in [3.05, 3.63) is 11.1 Å². The van der Waals surface area contributed by atoms with Gasteiger partial charge in [0.1, 0.15) is 0 Å². The molecule has 0 aliphatic heterocycles. The molecule has 8 aliphatic rings. The fraction of sp³-hybridized carbons (Fsp3) is 0.920. The van der Waals surface area contributed by atoms with Crippen LogP contribution in [-0.4, -0.2) is 124 Å². The van der Waals surface area contributed by atoms with Crippen molar-refractivity contribution in [2.24, 2.45) is 71.0 Å². The summed E-state index contributed by atoms with van der Waals surface area (Å²) < 4.78 is 24.5. The van der Waals surface area contributed by atoms with Crippen LogP contribution >= 0.6 is 0 Å². The number of hydrogen-bond acceptors (Lipinski definition) is 10. The molecule has 10 nitrogen and oxygen atoms in total. The van der Waals surface area contributed by atoms with Crippen molar-refractivity contribution in [1.82, 2.24) is 9.80 Å². The Hall–Kier alpha value is -1.56. The van der Waals surface area contributed by atoms with E-state index in [9.17, 15) is 9.59 Å². The Labute approximate surface area is 362 Å². The van der Waals surface area contributed by atoms with Crippen LogP contribution in [0, 0.1) is 71.0 Å². The van der Waals surface area contributed by atoms with E-state index in [2.05, 4.69) is 9.80 Å². The van der Waals surface area contributed by atoms with E-state index in [1.807, 2.05) is 25.2 Å². The first kappa shape index (κ1) is 45.0. The predicted octanol–water partition coefficient (Wildman–Crippen LogP) is 7.29. The van der Waals surface area contributed by atoms with Crippen molar-refractivity contribution in [2.45, 2.75) is 141 Å². The molecule has 6 saturated carbocycles. The van der Waals surface area contributed by atoms with Crippen molar-refractivity contribution in [1.29, 1.82) is 0 Å². The molecule has 14 atom stereocenters. The summed E-state index contributed by atoms with van der Waals surface area (Å²) in [5.74, 6) is 9.24. The number of carbonyl (C=O) groups is 2. The topological polar surface area (TPSA) is 118 Å². The Morgan fingerprint density at radius 2 is 0.967 bits per heavy atom. The number of carbonyl (C=O) groups excluding carboxylic acids is 2. The quantitative estimate of drug-likeness (QED) is 0.0736. The molecule has 0 aromatic rings. The van der Waals surface area contributed by atoms with Crippen molar-refractivity contribution in [2.75, 3.05) is 79.9 Å². The summed E-state index contributed by atoms with van der Waals surface area (Å²) in [5, 5.41) is 18.3. The van der Waals surface area contributed by atoms with Gasteiger partial charge in [0.25, 0.3) is 0 Å². The SMILES string of the molecule is CN(CCO)CCCOC(=O)CCOC1CCC2C(C1)C1=C(C3C4CCCC4CCC23)C2C3CCCC3CCC2C2CCC(OCCC(=O)OCCCN(C)CCO)CC12. The monoisotopic (exact) mass is 839 g/mol. The summed E-state index contributed by atoms with van der Waals surface area (Å²) in [4.78, 5) is 29.6. The Morgan fingerprint density at radius 3 is 1.42 bits per heavy atom. The van der Waals surface area contributed by atoms with Crippen LogP contribution in [0.3, 0.4) is 0 Å². The van der Waals surface area contributed by atoms with Gasteiger partial charge in [0, 0.05) is 26.2 Å². The molecule has 0 amide bonds. The van der Waals surface area contributed by atoms with Gasteiger partial charge in [0.05, 0.1) is 64.7 Å². The third-order valence-electron chi connectivity index (χ3n) is 17.9. The molecule has 10 heteroatoms. The number of likely N-dealkylation sites (N-methyl/N-ethyl adjacent to an activating group) is 2. The van der Waals surface area contributed by atoms with Crippen molar-refractivity contribution in [3.63, 3.8) is 0 Å². The lowest BCUT2D eigenvalue weighted by Crippen LogP contribution is -2.56. The van der Waals surface area contributed by atoms with Crippen LogP contribution in [0.1, 0.15) is 128 Å². The lowest BCUT2D eigenvalue weighted by atomic mass is 9.42. The zero-order valence-electron chi connectivity index (χ0n) is 37.5. The molecule has 0 bridgehead atoms. The van der Waals surface area contributed by atoms with Crippen LogP contribution in [0.25, 0.3) is 0 Å². The number of allylic oxidation sites excluding steroid dienone is 2. The smallest absolute Gasteiger partial charge is 0.308 e. The second-order valence-electron chi connectivity index (χ2n) is 21.0. The van der Waals surface area contributed by atoms with E-state index in [1.54, 1.807) is 0 Å². The fourth-order valence-electron chi connectivity index (χ4n) is 15.5. The normalized spacial score (nSPS) is 38.0. The molecule has 2 N–H and O–H groups in total. The molecule has 340 valence electrons. The van der Waals surface area contributed by atoms with E-state index < -0.39 is 0 Å². The maximum absolute atomic E-state index is 12.7. The molecule has 0 radical (unpaired) electrons. The van der Waals surface area contributed by atoms with Crippen molar-refractivity contribution < 1.29 is 38.7 Å². The molecule has 8 rings (SSSR count). The first-order valence-corrected chi connectivity index (χ1v) is 25.2. The average Bonchev–Trinajstić information content (AvgIpc) is 3.94. The van der Waals surface area contributed by atoms with Gasteiger partial charge in [-0.15, -0.1) is 0 Å². The highest BCUT2D eigenvalue weighted by Crippen LogP contribution is 2.69. The van der Waals surface area contributed by atoms with Gasteiger partial charge >= 0.3 is 11.9 Å². The number of nitrogens with zero attached hydrogens (tertiary/aromatic N) is 2. The molecular weight excluding hydrogens is 757 g/mol. The van der Waals surface area contributed by atoms with Crippen molar-refractivity contribution >= 4 is 11.9 Å². The highest BCUT2D eigenvalue weighted by Gasteiger charge is 2.61. The van der Waals surface area contributed by atoms with Gasteiger partial charge in [0.2, 0.25) is 0 Å². The summed E-state index contributed by atoms with van der Waals surface area (Å²) in [6.45, 7) is 4.85. The first-order chi connectivity index (χ1) is 29.3. The van der Waals surface area contributed by atoms with Gasteiger partial charge in [-0.1, -0.05) is 36.8 Å². The summed E-state index contributed by atoms with van der Waals surface area (Å²) in [6, 6.07) is 0. The van der Waals surface area contributed by atoms with Gasteiger partial charge in [-0.05, 0) is 175 Å². The van der Waals surface area contributed by atoms with E-state index in [-0.39, 0.29) is 37.4 Å². The first-order valence-electron chi connectivity index (χ1n) is 25.2. The van der Waals surface area contributed by atoms with Crippen LogP contribution in [0.2, 0.25) is 0 Å². The van der Waals surface area contributed by atoms with Crippen LogP contribution in [0.5, 0.6) is 0 Å². The molecule has 0 saturated heterocycles. The number of fused-ring (bicyclic) bond motifs is 14. The van der Waals surface area contributed by atoms with Gasteiger partial charge < -0.3 is 39.0 Å². The van der Waals surface area contributed by atoms with Crippen LogP contribution in [0.4, 0.5) is 0 Å². The number of aliphatic hydroxyl groups excluding tert-OH is 2. The van der Waals surface area contributed by atoms with Crippen LogP contribution in [0.15, 0.2) is 11.1 Å². The average molecular weight is 839 g/mol. The third kappa shape index (κ3) is 10.2. The number of esters is 2. The molecule has 8 aliphatic carbocycles. The van der Waals surface area contributed by atoms with E-state index >= 15 is 0 Å². The lowest BCUT2D eigenvalue weighted by molar-refractivity contribution is -0.146. The van der Waals surface area contributed by atoms with Gasteiger partial charge in [-0.3, -0.25) is 9.59 Å². The van der Waals surface area contributed by atoms with E-state index in [1.165, 1.54) is 77.0 Å². The van der Waals surface area contributed by atoms with Gasteiger partial charge in [0.15, 0.2) is 0 Å². The number of aliphatic hydroxyl groups is 2. The maximum atomic E-state index is 12.7. The molecule has 14 unspecified atom stereocenters. The third-order valence-corrected chi connectivity index (χ3v) is 17.9. The maximum Gasteiger partial charge on any atom is 0.308 e. The summed E-state index contributed by atoms with van der Waals surface area (Å²) >= 11 is 0. The Balaban J connectivity index is 0.977. The minimum Gasteiger partial charge on any atom is -0.466 e. The Kier molecular flexibility index (Phi) is 16.1. The molecule has 0 heterocycles. The van der Waals surface area contributed by atoms with Crippen molar-refractivity contribution in [3.8, 4) is 0 Å². The molecule has 0 spiro atoms. The lowest BCUT2D eigenvalue weighted by Gasteiger charge is -2.63. The Morgan fingerprint density at radius 1 is 0.517 bits per heavy atom. The summed E-state index contributed by atoms with van der Waals surface area (Å²) in [7, 11) is 3.96. The minimum absolute atomic E-state index is 0.141. The van der Waals surface area contributed by atoms with Crippen LogP contribution < -0.4 is 0 Å². The zero-order chi connectivity index (χ0) is 41.6. The summed E-state index contributed by atoms with van der Waals surface area (Å²) in [5.41, 5.74) is 3.95. The number of ether oxygens (including phenoxy) is 4. The van der Waals surface area contributed by atoms with Crippen LogP contribution in [-0.2, 0) is 28.5 Å². The highest BCUT2D eigenvalue weighted by molar-refractivity contribution is 5.69.